The quantitative estimate of drug-likeness (QED) is 0.635. The summed E-state index contributed by atoms with van der Waals surface area (Å²) in [5.74, 6) is 1.50. The standard InChI is InChI=1S/C24H27N3O3/c28-23(25-14-8-16-30-19-9-4-3-5-10-19)18-12-13-20-21(17-18)26-22-11-6-1-2-7-15-27(22)24(20)29/h3-5,9-10,12-13,17H,1-2,6-8,11,14-16H2,(H,25,28). The van der Waals surface area contributed by atoms with E-state index < -0.39 is 0 Å². The Kier molecular flexibility index (Phi) is 6.42. The third kappa shape index (κ3) is 4.70. The third-order valence-electron chi connectivity index (χ3n) is 5.45. The van der Waals surface area contributed by atoms with E-state index in [-0.39, 0.29) is 11.5 Å². The Morgan fingerprint density at radius 2 is 1.90 bits per heavy atom. The number of nitrogens with one attached hydrogen (secondary N) is 1. The highest BCUT2D eigenvalue weighted by Crippen LogP contribution is 2.16. The minimum absolute atomic E-state index is 0.00178. The zero-order valence-corrected chi connectivity index (χ0v) is 17.1. The molecule has 2 aromatic carbocycles. The molecule has 1 aliphatic heterocycles. The lowest BCUT2D eigenvalue weighted by Crippen LogP contribution is -2.28. The van der Waals surface area contributed by atoms with Crippen LogP contribution in [0.1, 0.15) is 48.3 Å². The van der Waals surface area contributed by atoms with Gasteiger partial charge in [-0.3, -0.25) is 14.2 Å². The van der Waals surface area contributed by atoms with E-state index in [1.165, 1.54) is 6.42 Å². The Morgan fingerprint density at radius 3 is 2.77 bits per heavy atom. The number of aryl methyl sites for hydroxylation is 1. The van der Waals surface area contributed by atoms with Gasteiger partial charge in [0.1, 0.15) is 11.6 Å². The molecule has 0 atom stereocenters. The summed E-state index contributed by atoms with van der Waals surface area (Å²) in [6.07, 6.45) is 5.89. The first-order valence-electron chi connectivity index (χ1n) is 10.7. The molecule has 1 aliphatic rings. The second-order valence-corrected chi connectivity index (χ2v) is 7.65. The zero-order valence-electron chi connectivity index (χ0n) is 17.1. The van der Waals surface area contributed by atoms with Gasteiger partial charge in [-0.05, 0) is 49.6 Å². The number of fused-ring (bicyclic) bond motifs is 2. The average molecular weight is 405 g/mol. The van der Waals surface area contributed by atoms with Gasteiger partial charge in [0.2, 0.25) is 0 Å². The van der Waals surface area contributed by atoms with Gasteiger partial charge in [0.25, 0.3) is 11.5 Å². The van der Waals surface area contributed by atoms with Gasteiger partial charge in [-0.15, -0.1) is 0 Å². The fraction of sp³-hybridized carbons (Fsp3) is 0.375. The van der Waals surface area contributed by atoms with Crippen LogP contribution in [0.15, 0.2) is 53.3 Å². The summed E-state index contributed by atoms with van der Waals surface area (Å²) in [7, 11) is 0. The van der Waals surface area contributed by atoms with Crippen LogP contribution in [0.2, 0.25) is 0 Å². The molecule has 0 bridgehead atoms. The molecule has 1 N–H and O–H groups in total. The van der Waals surface area contributed by atoms with Gasteiger partial charge >= 0.3 is 0 Å². The van der Waals surface area contributed by atoms with Crippen molar-refractivity contribution in [3.63, 3.8) is 0 Å². The van der Waals surface area contributed by atoms with Crippen LogP contribution in [0.5, 0.6) is 5.75 Å². The van der Waals surface area contributed by atoms with Crippen molar-refractivity contribution in [1.29, 1.82) is 0 Å². The molecule has 0 spiro atoms. The van der Waals surface area contributed by atoms with Gasteiger partial charge in [-0.2, -0.15) is 0 Å². The molecule has 1 amide bonds. The fourth-order valence-electron chi connectivity index (χ4n) is 3.82. The molecule has 6 heteroatoms. The van der Waals surface area contributed by atoms with Crippen molar-refractivity contribution in [2.24, 2.45) is 0 Å². The molecule has 0 aliphatic carbocycles. The normalized spacial score (nSPS) is 13.9. The Morgan fingerprint density at radius 1 is 1.07 bits per heavy atom. The second-order valence-electron chi connectivity index (χ2n) is 7.65. The second kappa shape index (κ2) is 9.57. The van der Waals surface area contributed by atoms with Crippen LogP contribution < -0.4 is 15.6 Å². The molecule has 156 valence electrons. The lowest BCUT2D eigenvalue weighted by molar-refractivity contribution is 0.0951. The number of hydrogen-bond acceptors (Lipinski definition) is 4. The van der Waals surface area contributed by atoms with Crippen molar-refractivity contribution < 1.29 is 9.53 Å². The highest BCUT2D eigenvalue weighted by Gasteiger charge is 2.14. The molecule has 30 heavy (non-hydrogen) atoms. The van der Waals surface area contributed by atoms with E-state index in [2.05, 4.69) is 5.32 Å². The number of amides is 1. The average Bonchev–Trinajstić information content (AvgIpc) is 2.75. The lowest BCUT2D eigenvalue weighted by atomic mass is 10.1. The molecular weight excluding hydrogens is 378 g/mol. The summed E-state index contributed by atoms with van der Waals surface area (Å²) in [4.78, 5) is 30.1. The van der Waals surface area contributed by atoms with E-state index >= 15 is 0 Å². The van der Waals surface area contributed by atoms with Crippen LogP contribution in [-0.2, 0) is 13.0 Å². The third-order valence-corrected chi connectivity index (χ3v) is 5.45. The number of rotatable bonds is 6. The van der Waals surface area contributed by atoms with Crippen LogP contribution in [-0.4, -0.2) is 28.6 Å². The van der Waals surface area contributed by atoms with E-state index in [9.17, 15) is 9.59 Å². The summed E-state index contributed by atoms with van der Waals surface area (Å²) in [6.45, 7) is 1.78. The summed E-state index contributed by atoms with van der Waals surface area (Å²) in [6, 6.07) is 14.8. The smallest absolute Gasteiger partial charge is 0.261 e. The molecule has 0 unspecified atom stereocenters. The molecule has 3 aromatic rings. The number of hydrogen-bond donors (Lipinski definition) is 1. The molecule has 0 radical (unpaired) electrons. The minimum atomic E-state index is -0.162. The molecule has 0 fully saturated rings. The lowest BCUT2D eigenvalue weighted by Gasteiger charge is -2.16. The van der Waals surface area contributed by atoms with Crippen molar-refractivity contribution in [3.05, 3.63) is 70.3 Å². The Labute approximate surface area is 175 Å². The van der Waals surface area contributed by atoms with Crippen molar-refractivity contribution in [2.45, 2.75) is 45.1 Å². The number of ether oxygens (including phenoxy) is 1. The van der Waals surface area contributed by atoms with E-state index in [0.717, 1.165) is 43.8 Å². The van der Waals surface area contributed by atoms with Crippen LogP contribution in [0.3, 0.4) is 0 Å². The van der Waals surface area contributed by atoms with Gasteiger partial charge in [0, 0.05) is 25.1 Å². The van der Waals surface area contributed by atoms with E-state index in [0.29, 0.717) is 36.0 Å². The summed E-state index contributed by atoms with van der Waals surface area (Å²) in [5.41, 5.74) is 1.13. The van der Waals surface area contributed by atoms with Gasteiger partial charge in [0.05, 0.1) is 17.5 Å². The zero-order chi connectivity index (χ0) is 20.8. The van der Waals surface area contributed by atoms with Gasteiger partial charge in [-0.25, -0.2) is 4.98 Å². The Hall–Kier alpha value is -3.15. The van der Waals surface area contributed by atoms with Gasteiger partial charge in [-0.1, -0.05) is 31.0 Å². The maximum absolute atomic E-state index is 12.9. The number of aromatic nitrogens is 2. The Bertz CT molecular complexity index is 1080. The van der Waals surface area contributed by atoms with E-state index in [4.69, 9.17) is 9.72 Å². The number of nitrogens with zero attached hydrogens (tertiary/aromatic N) is 2. The predicted octanol–water partition coefficient (Wildman–Crippen LogP) is 3.71. The predicted molar refractivity (Wildman–Crippen MR) is 117 cm³/mol. The number of carbonyl (C=O) groups excluding carboxylic acids is 1. The van der Waals surface area contributed by atoms with Gasteiger partial charge < -0.3 is 10.1 Å². The first-order chi connectivity index (χ1) is 14.7. The summed E-state index contributed by atoms with van der Waals surface area (Å²) in [5, 5.41) is 3.49. The molecule has 6 nitrogen and oxygen atoms in total. The molecule has 2 heterocycles. The maximum atomic E-state index is 12.9. The van der Waals surface area contributed by atoms with Crippen molar-refractivity contribution >= 4 is 16.8 Å². The molecule has 0 saturated heterocycles. The van der Waals surface area contributed by atoms with Crippen molar-refractivity contribution in [3.8, 4) is 5.75 Å². The number of benzene rings is 2. The SMILES string of the molecule is O=C(NCCCOc1ccccc1)c1ccc2c(=O)n3c(nc2c1)CCCCCC3. The highest BCUT2D eigenvalue weighted by molar-refractivity contribution is 5.97. The monoisotopic (exact) mass is 405 g/mol. The minimum Gasteiger partial charge on any atom is -0.494 e. The van der Waals surface area contributed by atoms with E-state index in [1.807, 2.05) is 34.9 Å². The number of para-hydroxylation sites is 1. The van der Waals surface area contributed by atoms with Crippen LogP contribution >= 0.6 is 0 Å². The summed E-state index contributed by atoms with van der Waals surface area (Å²) < 4.78 is 7.45. The largest absolute Gasteiger partial charge is 0.494 e. The first-order valence-corrected chi connectivity index (χ1v) is 10.7. The number of carbonyl (C=O) groups is 1. The van der Waals surface area contributed by atoms with Crippen LogP contribution in [0.4, 0.5) is 0 Å². The molecule has 1 aromatic heterocycles. The van der Waals surface area contributed by atoms with E-state index in [1.54, 1.807) is 18.2 Å². The topological polar surface area (TPSA) is 73.2 Å². The van der Waals surface area contributed by atoms with Crippen molar-refractivity contribution in [2.75, 3.05) is 13.2 Å². The Balaban J connectivity index is 1.40. The summed E-state index contributed by atoms with van der Waals surface area (Å²) >= 11 is 0. The van der Waals surface area contributed by atoms with Crippen molar-refractivity contribution in [1.82, 2.24) is 14.9 Å². The highest BCUT2D eigenvalue weighted by atomic mass is 16.5. The molecule has 0 saturated carbocycles. The fourth-order valence-corrected chi connectivity index (χ4v) is 3.82. The van der Waals surface area contributed by atoms with Crippen LogP contribution in [0.25, 0.3) is 10.9 Å². The molecular formula is C24H27N3O3. The van der Waals surface area contributed by atoms with Gasteiger partial charge in [0.15, 0.2) is 0 Å². The van der Waals surface area contributed by atoms with Crippen LogP contribution in [0, 0.1) is 0 Å². The maximum Gasteiger partial charge on any atom is 0.261 e. The molecule has 4 rings (SSSR count). The first kappa shape index (κ1) is 20.1.